The van der Waals surface area contributed by atoms with E-state index in [9.17, 15) is 4.39 Å². The Kier molecular flexibility index (Phi) is 3.91. The largest absolute Gasteiger partial charge is 0.365 e. The van der Waals surface area contributed by atoms with Gasteiger partial charge in [0.1, 0.15) is 23.0 Å². The smallest absolute Gasteiger partial charge is 0.148 e. The predicted octanol–water partition coefficient (Wildman–Crippen LogP) is 3.64. The van der Waals surface area contributed by atoms with Crippen LogP contribution in [0.1, 0.15) is 5.56 Å². The van der Waals surface area contributed by atoms with Crippen molar-refractivity contribution < 1.29 is 4.39 Å². The summed E-state index contributed by atoms with van der Waals surface area (Å²) in [6.07, 6.45) is 2.90. The molecule has 0 saturated carbocycles. The van der Waals surface area contributed by atoms with Gasteiger partial charge in [0.25, 0.3) is 0 Å². The summed E-state index contributed by atoms with van der Waals surface area (Å²) in [5.74, 6) is 0.239. The van der Waals surface area contributed by atoms with Gasteiger partial charge in [0.15, 0.2) is 0 Å². The van der Waals surface area contributed by atoms with E-state index in [1.807, 2.05) is 6.07 Å². The van der Waals surface area contributed by atoms with Gasteiger partial charge in [-0.2, -0.15) is 0 Å². The first-order valence-electron chi connectivity index (χ1n) is 4.80. The van der Waals surface area contributed by atoms with Gasteiger partial charge in [0.2, 0.25) is 0 Å². The predicted molar refractivity (Wildman–Crippen MR) is 68.5 cm³/mol. The molecule has 0 aliphatic rings. The van der Waals surface area contributed by atoms with Gasteiger partial charge in [-0.05, 0) is 33.6 Å². The zero-order chi connectivity index (χ0) is 12.3. The topological polar surface area (TPSA) is 37.8 Å². The first-order valence-corrected chi connectivity index (χ1v) is 5.97. The van der Waals surface area contributed by atoms with E-state index in [0.717, 1.165) is 5.56 Å². The van der Waals surface area contributed by atoms with Crippen molar-refractivity contribution in [2.75, 3.05) is 5.32 Å². The number of benzene rings is 1. The zero-order valence-corrected chi connectivity index (χ0v) is 11.0. The number of nitrogens with one attached hydrogen (secondary N) is 1. The second-order valence-electron chi connectivity index (χ2n) is 3.32. The molecular weight excluding hydrogens is 308 g/mol. The molecule has 0 unspecified atom stereocenters. The monoisotopic (exact) mass is 315 g/mol. The average molecular weight is 317 g/mol. The molecule has 2 aromatic rings. The standard InChI is InChI=1S/C11H8BrClFN3/c12-8-2-1-7(3-10(8)14)4-16-11-9(13)5-15-6-17-11/h1-3,5-6H,4H2,(H,15,16,17). The van der Waals surface area contributed by atoms with Crippen LogP contribution in [0.5, 0.6) is 0 Å². The quantitative estimate of drug-likeness (QED) is 0.939. The van der Waals surface area contributed by atoms with Gasteiger partial charge in [0, 0.05) is 6.54 Å². The molecule has 0 amide bonds. The highest BCUT2D eigenvalue weighted by atomic mass is 79.9. The first-order chi connectivity index (χ1) is 8.16. The highest BCUT2D eigenvalue weighted by molar-refractivity contribution is 9.10. The zero-order valence-electron chi connectivity index (χ0n) is 8.62. The van der Waals surface area contributed by atoms with E-state index in [1.165, 1.54) is 18.6 Å². The Labute approximate surface area is 111 Å². The molecule has 1 N–H and O–H groups in total. The molecule has 2 rings (SSSR count). The third-order valence-electron chi connectivity index (χ3n) is 2.11. The Bertz CT molecular complexity index is 536. The Morgan fingerprint density at radius 1 is 1.41 bits per heavy atom. The first kappa shape index (κ1) is 12.3. The Hall–Kier alpha value is -1.20. The molecule has 17 heavy (non-hydrogen) atoms. The highest BCUT2D eigenvalue weighted by Gasteiger charge is 2.03. The molecule has 1 aromatic carbocycles. The van der Waals surface area contributed by atoms with E-state index in [0.29, 0.717) is 21.9 Å². The number of anilines is 1. The SMILES string of the molecule is Fc1cc(CNc2ncncc2Cl)ccc1Br. The van der Waals surface area contributed by atoms with Gasteiger partial charge in [-0.15, -0.1) is 0 Å². The van der Waals surface area contributed by atoms with Crippen LogP contribution in [0, 0.1) is 5.82 Å². The van der Waals surface area contributed by atoms with E-state index >= 15 is 0 Å². The number of aromatic nitrogens is 2. The van der Waals surface area contributed by atoms with Gasteiger partial charge in [-0.25, -0.2) is 14.4 Å². The van der Waals surface area contributed by atoms with Crippen molar-refractivity contribution in [1.82, 2.24) is 9.97 Å². The minimum atomic E-state index is -0.293. The molecule has 0 aliphatic heterocycles. The van der Waals surface area contributed by atoms with Crippen molar-refractivity contribution in [3.8, 4) is 0 Å². The van der Waals surface area contributed by atoms with E-state index < -0.39 is 0 Å². The molecule has 1 heterocycles. The molecule has 88 valence electrons. The lowest BCUT2D eigenvalue weighted by Gasteiger charge is -2.07. The van der Waals surface area contributed by atoms with Crippen molar-refractivity contribution in [1.29, 1.82) is 0 Å². The van der Waals surface area contributed by atoms with E-state index in [-0.39, 0.29) is 5.82 Å². The highest BCUT2D eigenvalue weighted by Crippen LogP contribution is 2.19. The third-order valence-corrected chi connectivity index (χ3v) is 3.03. The second kappa shape index (κ2) is 5.42. The van der Waals surface area contributed by atoms with Gasteiger partial charge in [0.05, 0.1) is 10.7 Å². The van der Waals surface area contributed by atoms with E-state index in [4.69, 9.17) is 11.6 Å². The molecule has 0 spiro atoms. The molecule has 0 fully saturated rings. The van der Waals surface area contributed by atoms with Gasteiger partial charge in [-0.1, -0.05) is 17.7 Å². The van der Waals surface area contributed by atoms with Gasteiger partial charge in [-0.3, -0.25) is 0 Å². The van der Waals surface area contributed by atoms with Crippen LogP contribution in [0.4, 0.5) is 10.2 Å². The second-order valence-corrected chi connectivity index (χ2v) is 4.58. The maximum atomic E-state index is 13.3. The van der Waals surface area contributed by atoms with Gasteiger partial charge >= 0.3 is 0 Å². The summed E-state index contributed by atoms with van der Waals surface area (Å²) < 4.78 is 13.7. The van der Waals surface area contributed by atoms with Crippen LogP contribution in [-0.4, -0.2) is 9.97 Å². The van der Waals surface area contributed by atoms with E-state index in [1.54, 1.807) is 6.07 Å². The number of rotatable bonds is 3. The van der Waals surface area contributed by atoms with Crippen LogP contribution < -0.4 is 5.32 Å². The van der Waals surface area contributed by atoms with Crippen molar-refractivity contribution in [2.45, 2.75) is 6.54 Å². The number of hydrogen-bond acceptors (Lipinski definition) is 3. The van der Waals surface area contributed by atoms with Crippen LogP contribution in [0.2, 0.25) is 5.02 Å². The van der Waals surface area contributed by atoms with Gasteiger partial charge < -0.3 is 5.32 Å². The molecule has 0 saturated heterocycles. The minimum Gasteiger partial charge on any atom is -0.365 e. The molecule has 6 heteroatoms. The van der Waals surface area contributed by atoms with E-state index in [2.05, 4.69) is 31.2 Å². The summed E-state index contributed by atoms with van der Waals surface area (Å²) >= 11 is 8.98. The van der Waals surface area contributed by atoms with Crippen molar-refractivity contribution >= 4 is 33.3 Å². The van der Waals surface area contributed by atoms with Crippen LogP contribution in [-0.2, 0) is 6.54 Å². The number of nitrogens with zero attached hydrogens (tertiary/aromatic N) is 2. The summed E-state index contributed by atoms with van der Waals surface area (Å²) in [7, 11) is 0. The Morgan fingerprint density at radius 3 is 2.94 bits per heavy atom. The molecule has 0 aliphatic carbocycles. The molecule has 0 bridgehead atoms. The number of halogens is 3. The molecular formula is C11H8BrClFN3. The Balaban J connectivity index is 2.08. The lowest BCUT2D eigenvalue weighted by molar-refractivity contribution is 0.619. The maximum absolute atomic E-state index is 13.3. The molecule has 0 atom stereocenters. The van der Waals surface area contributed by atoms with Crippen molar-refractivity contribution in [3.63, 3.8) is 0 Å². The molecule has 3 nitrogen and oxygen atoms in total. The van der Waals surface area contributed by atoms with Crippen LogP contribution >= 0.6 is 27.5 Å². The normalized spacial score (nSPS) is 10.3. The summed E-state index contributed by atoms with van der Waals surface area (Å²) in [5.41, 5.74) is 0.806. The lowest BCUT2D eigenvalue weighted by Crippen LogP contribution is -2.02. The van der Waals surface area contributed by atoms with Crippen LogP contribution in [0.3, 0.4) is 0 Å². The fourth-order valence-corrected chi connectivity index (χ4v) is 1.70. The Morgan fingerprint density at radius 2 is 2.24 bits per heavy atom. The molecule has 1 aromatic heterocycles. The molecule has 0 radical (unpaired) electrons. The lowest BCUT2D eigenvalue weighted by atomic mass is 10.2. The van der Waals surface area contributed by atoms with Crippen LogP contribution in [0.25, 0.3) is 0 Å². The number of hydrogen-bond donors (Lipinski definition) is 1. The fraction of sp³-hybridized carbons (Fsp3) is 0.0909. The van der Waals surface area contributed by atoms with Crippen molar-refractivity contribution in [3.05, 3.63) is 51.6 Å². The van der Waals surface area contributed by atoms with Crippen LogP contribution in [0.15, 0.2) is 35.2 Å². The third kappa shape index (κ3) is 3.14. The fourth-order valence-electron chi connectivity index (χ4n) is 1.28. The maximum Gasteiger partial charge on any atom is 0.148 e. The summed E-state index contributed by atoms with van der Waals surface area (Å²) in [5, 5.41) is 3.45. The minimum absolute atomic E-state index is 0.293. The average Bonchev–Trinajstić information content (AvgIpc) is 2.32. The van der Waals surface area contributed by atoms with Crippen molar-refractivity contribution in [2.24, 2.45) is 0 Å². The summed E-state index contributed by atoms with van der Waals surface area (Å²) in [6.45, 7) is 0.445. The summed E-state index contributed by atoms with van der Waals surface area (Å²) in [6, 6.07) is 4.93. The summed E-state index contributed by atoms with van der Waals surface area (Å²) in [4.78, 5) is 7.75.